The minimum absolute atomic E-state index is 0.0210. The Balaban J connectivity index is 2.06. The lowest BCUT2D eigenvalue weighted by atomic mass is 10.1. The highest BCUT2D eigenvalue weighted by molar-refractivity contribution is 7.07. The van der Waals surface area contributed by atoms with Crippen molar-refractivity contribution in [2.75, 3.05) is 0 Å². The number of carbonyl (C=O) groups excluding carboxylic acids is 1. The largest absolute Gasteiger partial charge is 0.478 e. The van der Waals surface area contributed by atoms with E-state index in [1.165, 1.54) is 12.1 Å². The number of hydrogen-bond donors (Lipinski definition) is 2. The maximum absolute atomic E-state index is 12.1. The topological polar surface area (TPSA) is 66.4 Å². The molecule has 104 valence electrons. The number of carbonyl (C=O) groups is 2. The van der Waals surface area contributed by atoms with Crippen LogP contribution in [0.3, 0.4) is 0 Å². The fourth-order valence-electron chi connectivity index (χ4n) is 1.98. The van der Waals surface area contributed by atoms with Gasteiger partial charge in [-0.15, -0.1) is 0 Å². The van der Waals surface area contributed by atoms with Crippen molar-refractivity contribution in [3.63, 3.8) is 0 Å². The van der Waals surface area contributed by atoms with Crippen LogP contribution in [0, 0.1) is 0 Å². The Kier molecular flexibility index (Phi) is 4.53. The number of amides is 1. The lowest BCUT2D eigenvalue weighted by molar-refractivity contribution is 0.0690. The second-order valence-corrected chi connectivity index (χ2v) is 5.34. The summed E-state index contributed by atoms with van der Waals surface area (Å²) in [5.74, 6) is -1.45. The van der Waals surface area contributed by atoms with Gasteiger partial charge in [0, 0.05) is 6.04 Å². The molecular weight excluding hydrogens is 274 g/mol. The third kappa shape index (κ3) is 3.45. The smallest absolute Gasteiger partial charge is 0.336 e. The Labute approximate surface area is 121 Å². The highest BCUT2D eigenvalue weighted by Gasteiger charge is 2.17. The summed E-state index contributed by atoms with van der Waals surface area (Å²) in [6.07, 6.45) is 0.727. The van der Waals surface area contributed by atoms with Crippen LogP contribution in [-0.2, 0) is 6.42 Å². The van der Waals surface area contributed by atoms with E-state index in [0.717, 1.165) is 12.0 Å². The molecule has 0 aliphatic heterocycles. The summed E-state index contributed by atoms with van der Waals surface area (Å²) in [6, 6.07) is 8.17. The van der Waals surface area contributed by atoms with Crippen LogP contribution in [0.25, 0.3) is 0 Å². The van der Waals surface area contributed by atoms with Gasteiger partial charge in [0.15, 0.2) is 0 Å². The van der Waals surface area contributed by atoms with Crippen molar-refractivity contribution in [1.82, 2.24) is 5.32 Å². The van der Waals surface area contributed by atoms with Gasteiger partial charge in [0.05, 0.1) is 11.1 Å². The van der Waals surface area contributed by atoms with E-state index in [-0.39, 0.29) is 23.1 Å². The minimum Gasteiger partial charge on any atom is -0.478 e. The molecule has 0 aliphatic carbocycles. The molecule has 1 aromatic heterocycles. The third-order valence-electron chi connectivity index (χ3n) is 2.90. The Hall–Kier alpha value is -2.14. The Bertz CT molecular complexity index is 607. The lowest BCUT2D eigenvalue weighted by Crippen LogP contribution is -2.34. The first-order valence-electron chi connectivity index (χ1n) is 6.22. The number of aromatic carboxylic acids is 1. The van der Waals surface area contributed by atoms with Gasteiger partial charge in [-0.3, -0.25) is 4.79 Å². The molecule has 0 fully saturated rings. The Morgan fingerprint density at radius 3 is 2.55 bits per heavy atom. The summed E-state index contributed by atoms with van der Waals surface area (Å²) in [6.45, 7) is 1.90. The molecule has 20 heavy (non-hydrogen) atoms. The van der Waals surface area contributed by atoms with Crippen LogP contribution < -0.4 is 5.32 Å². The normalized spacial score (nSPS) is 11.8. The van der Waals surface area contributed by atoms with Crippen molar-refractivity contribution >= 4 is 23.2 Å². The molecule has 0 radical (unpaired) electrons. The fourth-order valence-corrected chi connectivity index (χ4v) is 2.66. The average molecular weight is 289 g/mol. The number of hydrogen-bond acceptors (Lipinski definition) is 3. The predicted molar refractivity (Wildman–Crippen MR) is 78.4 cm³/mol. The van der Waals surface area contributed by atoms with E-state index in [1.54, 1.807) is 23.5 Å². The molecule has 0 bridgehead atoms. The van der Waals surface area contributed by atoms with Crippen LogP contribution in [-0.4, -0.2) is 23.0 Å². The van der Waals surface area contributed by atoms with E-state index in [1.807, 2.05) is 23.8 Å². The van der Waals surface area contributed by atoms with Crippen LogP contribution in [0.5, 0.6) is 0 Å². The summed E-state index contributed by atoms with van der Waals surface area (Å²) >= 11 is 1.61. The number of carboxylic acids is 1. The highest BCUT2D eigenvalue weighted by atomic mass is 32.1. The summed E-state index contributed by atoms with van der Waals surface area (Å²) in [5.41, 5.74) is 1.37. The van der Waals surface area contributed by atoms with Crippen molar-refractivity contribution in [2.24, 2.45) is 0 Å². The van der Waals surface area contributed by atoms with Crippen LogP contribution in [0.1, 0.15) is 33.2 Å². The molecule has 0 aliphatic rings. The van der Waals surface area contributed by atoms with Crippen LogP contribution in [0.15, 0.2) is 41.1 Å². The summed E-state index contributed by atoms with van der Waals surface area (Å²) in [5, 5.41) is 15.9. The molecule has 0 spiro atoms. The maximum atomic E-state index is 12.1. The van der Waals surface area contributed by atoms with Gasteiger partial charge in [-0.05, 0) is 47.9 Å². The van der Waals surface area contributed by atoms with Gasteiger partial charge in [0.25, 0.3) is 5.91 Å². The van der Waals surface area contributed by atoms with Gasteiger partial charge in [0.2, 0.25) is 0 Å². The molecule has 0 saturated carbocycles. The third-order valence-corrected chi connectivity index (χ3v) is 3.63. The molecule has 5 heteroatoms. The van der Waals surface area contributed by atoms with Gasteiger partial charge in [-0.25, -0.2) is 4.79 Å². The monoisotopic (exact) mass is 289 g/mol. The van der Waals surface area contributed by atoms with E-state index < -0.39 is 5.97 Å². The SMILES string of the molecule is CC(Cc1ccsc1)NC(=O)c1ccccc1C(=O)O. The second kappa shape index (κ2) is 6.34. The quantitative estimate of drug-likeness (QED) is 0.889. The lowest BCUT2D eigenvalue weighted by Gasteiger charge is -2.14. The molecule has 1 heterocycles. The van der Waals surface area contributed by atoms with Gasteiger partial charge >= 0.3 is 5.97 Å². The molecule has 1 aromatic carbocycles. The fraction of sp³-hybridized carbons (Fsp3) is 0.200. The molecule has 0 saturated heterocycles. The number of rotatable bonds is 5. The number of benzene rings is 1. The minimum atomic E-state index is -1.10. The molecule has 1 atom stereocenters. The highest BCUT2D eigenvalue weighted by Crippen LogP contribution is 2.11. The zero-order chi connectivity index (χ0) is 14.5. The van der Waals surface area contributed by atoms with Crippen molar-refractivity contribution in [3.05, 3.63) is 57.8 Å². The molecule has 1 amide bonds. The van der Waals surface area contributed by atoms with Crippen molar-refractivity contribution in [1.29, 1.82) is 0 Å². The molecule has 4 nitrogen and oxygen atoms in total. The molecule has 2 aromatic rings. The number of carboxylic acid groups (broad SMARTS) is 1. The predicted octanol–water partition coefficient (Wildman–Crippen LogP) is 2.81. The van der Waals surface area contributed by atoms with Crippen LogP contribution >= 0.6 is 11.3 Å². The summed E-state index contributed by atoms with van der Waals surface area (Å²) in [7, 11) is 0. The van der Waals surface area contributed by atoms with E-state index in [9.17, 15) is 9.59 Å². The van der Waals surface area contributed by atoms with Gasteiger partial charge in [-0.2, -0.15) is 11.3 Å². The Morgan fingerprint density at radius 1 is 1.25 bits per heavy atom. The van der Waals surface area contributed by atoms with Crippen molar-refractivity contribution < 1.29 is 14.7 Å². The van der Waals surface area contributed by atoms with E-state index >= 15 is 0 Å². The number of nitrogens with one attached hydrogen (secondary N) is 1. The molecule has 2 N–H and O–H groups in total. The molecule has 2 rings (SSSR count). The molecule has 1 unspecified atom stereocenters. The van der Waals surface area contributed by atoms with Crippen LogP contribution in [0.2, 0.25) is 0 Å². The van der Waals surface area contributed by atoms with E-state index in [4.69, 9.17) is 5.11 Å². The van der Waals surface area contributed by atoms with Gasteiger partial charge in [0.1, 0.15) is 0 Å². The van der Waals surface area contributed by atoms with Crippen molar-refractivity contribution in [2.45, 2.75) is 19.4 Å². The second-order valence-electron chi connectivity index (χ2n) is 4.56. The maximum Gasteiger partial charge on any atom is 0.336 e. The zero-order valence-corrected chi connectivity index (χ0v) is 11.8. The van der Waals surface area contributed by atoms with E-state index in [0.29, 0.717) is 0 Å². The standard InChI is InChI=1S/C15H15NO3S/c1-10(8-11-6-7-20-9-11)16-14(17)12-4-2-3-5-13(12)15(18)19/h2-7,9-10H,8H2,1H3,(H,16,17)(H,18,19). The average Bonchev–Trinajstić information content (AvgIpc) is 2.91. The van der Waals surface area contributed by atoms with E-state index in [2.05, 4.69) is 5.32 Å². The van der Waals surface area contributed by atoms with Crippen LogP contribution in [0.4, 0.5) is 0 Å². The summed E-state index contributed by atoms with van der Waals surface area (Å²) < 4.78 is 0. The zero-order valence-electron chi connectivity index (χ0n) is 11.0. The molecular formula is C15H15NO3S. The van der Waals surface area contributed by atoms with Gasteiger partial charge < -0.3 is 10.4 Å². The summed E-state index contributed by atoms with van der Waals surface area (Å²) in [4.78, 5) is 23.2. The van der Waals surface area contributed by atoms with Crippen molar-refractivity contribution in [3.8, 4) is 0 Å². The first-order chi connectivity index (χ1) is 9.58. The van der Waals surface area contributed by atoms with Gasteiger partial charge in [-0.1, -0.05) is 12.1 Å². The number of thiophene rings is 1. The Morgan fingerprint density at radius 2 is 1.95 bits per heavy atom. The first kappa shape index (κ1) is 14.3. The first-order valence-corrected chi connectivity index (χ1v) is 7.16.